The summed E-state index contributed by atoms with van der Waals surface area (Å²) < 4.78 is 0. The van der Waals surface area contributed by atoms with E-state index in [0.29, 0.717) is 19.4 Å². The molecule has 0 radical (unpaired) electrons. The molecule has 32 heavy (non-hydrogen) atoms. The topological polar surface area (TPSA) is 78.5 Å². The zero-order chi connectivity index (χ0) is 22.3. The fourth-order valence-corrected chi connectivity index (χ4v) is 5.54. The van der Waals surface area contributed by atoms with Crippen LogP contribution in [0.25, 0.3) is 6.08 Å². The third kappa shape index (κ3) is 3.49. The van der Waals surface area contributed by atoms with Gasteiger partial charge in [0.05, 0.1) is 5.41 Å². The van der Waals surface area contributed by atoms with Crippen LogP contribution in [0.2, 0.25) is 0 Å². The summed E-state index contributed by atoms with van der Waals surface area (Å²) in [4.78, 5) is 40.9. The fraction of sp³-hybridized carbons (Fsp3) is 0.346. The SMILES string of the molecule is CC1C[C@@H]2C[C@@]3(CN2C(=O)[C@@H](NC(=O)/C=C/c2ccccc2)C1)C(=O)Nc1ccccc13. The molecule has 3 heterocycles. The number of anilines is 1. The Balaban J connectivity index is 1.35. The van der Waals surface area contributed by atoms with Crippen molar-refractivity contribution < 1.29 is 14.4 Å². The highest BCUT2D eigenvalue weighted by Crippen LogP contribution is 2.48. The first kappa shape index (κ1) is 20.5. The molecule has 0 aliphatic carbocycles. The van der Waals surface area contributed by atoms with Gasteiger partial charge in [-0.2, -0.15) is 0 Å². The van der Waals surface area contributed by atoms with Crippen LogP contribution in [0.1, 0.15) is 37.3 Å². The van der Waals surface area contributed by atoms with Gasteiger partial charge in [0.2, 0.25) is 17.7 Å². The van der Waals surface area contributed by atoms with Crippen molar-refractivity contribution in [3.63, 3.8) is 0 Å². The summed E-state index contributed by atoms with van der Waals surface area (Å²) in [5, 5.41) is 5.92. The molecule has 2 aromatic rings. The first-order chi connectivity index (χ1) is 15.5. The minimum atomic E-state index is -0.699. The number of hydrogen-bond donors (Lipinski definition) is 2. The van der Waals surface area contributed by atoms with Gasteiger partial charge < -0.3 is 15.5 Å². The number of carbonyl (C=O) groups excluding carboxylic acids is 3. The first-order valence-corrected chi connectivity index (χ1v) is 11.2. The molecular formula is C26H27N3O3. The van der Waals surface area contributed by atoms with E-state index in [1.807, 2.05) is 59.5 Å². The molecule has 5 rings (SSSR count). The smallest absolute Gasteiger partial charge is 0.245 e. The van der Waals surface area contributed by atoms with E-state index in [1.54, 1.807) is 6.08 Å². The van der Waals surface area contributed by atoms with Crippen molar-refractivity contribution in [3.05, 3.63) is 71.8 Å². The molecule has 0 bridgehead atoms. The molecular weight excluding hydrogens is 402 g/mol. The van der Waals surface area contributed by atoms with E-state index in [-0.39, 0.29) is 29.7 Å². The van der Waals surface area contributed by atoms with Crippen LogP contribution in [0.3, 0.4) is 0 Å². The maximum absolute atomic E-state index is 13.5. The number of benzene rings is 2. The van der Waals surface area contributed by atoms with Crippen LogP contribution in [-0.4, -0.2) is 41.2 Å². The standard InChI is InChI=1S/C26H27N3O3/c1-17-13-19-15-26(20-9-5-6-10-21(20)28-25(26)32)16-29(19)24(31)22(14-17)27-23(30)12-11-18-7-3-2-4-8-18/h2-12,17,19,22H,13-16H2,1H3,(H,27,30)(H,28,32)/b12-11+/t17?,19-,22+,26+/m1/s1. The number of amides is 3. The van der Waals surface area contributed by atoms with Gasteiger partial charge >= 0.3 is 0 Å². The van der Waals surface area contributed by atoms with E-state index in [1.165, 1.54) is 6.08 Å². The number of para-hydroxylation sites is 1. The van der Waals surface area contributed by atoms with Crippen molar-refractivity contribution in [2.75, 3.05) is 11.9 Å². The summed E-state index contributed by atoms with van der Waals surface area (Å²) in [5.41, 5.74) is 2.04. The van der Waals surface area contributed by atoms with Gasteiger partial charge in [0.15, 0.2) is 0 Å². The second-order valence-electron chi connectivity index (χ2n) is 9.29. The number of rotatable bonds is 3. The Hall–Kier alpha value is -3.41. The van der Waals surface area contributed by atoms with Crippen LogP contribution in [0, 0.1) is 5.92 Å². The Morgan fingerprint density at radius 1 is 1.09 bits per heavy atom. The highest BCUT2D eigenvalue weighted by Gasteiger charge is 2.57. The minimum absolute atomic E-state index is 0.00355. The van der Waals surface area contributed by atoms with Gasteiger partial charge in [-0.1, -0.05) is 55.5 Å². The zero-order valence-electron chi connectivity index (χ0n) is 18.1. The molecule has 6 nitrogen and oxygen atoms in total. The third-order valence-electron chi connectivity index (χ3n) is 7.03. The van der Waals surface area contributed by atoms with Crippen molar-refractivity contribution >= 4 is 29.5 Å². The van der Waals surface area contributed by atoms with Crippen LogP contribution in [0.5, 0.6) is 0 Å². The lowest BCUT2D eigenvalue weighted by Crippen LogP contribution is -2.49. The molecule has 0 aromatic heterocycles. The van der Waals surface area contributed by atoms with Gasteiger partial charge in [0, 0.05) is 24.4 Å². The average Bonchev–Trinajstić information content (AvgIpc) is 3.26. The molecule has 3 amide bonds. The summed E-state index contributed by atoms with van der Waals surface area (Å²) >= 11 is 0. The molecule has 2 saturated heterocycles. The average molecular weight is 430 g/mol. The largest absolute Gasteiger partial charge is 0.341 e. The highest BCUT2D eigenvalue weighted by molar-refractivity contribution is 6.07. The van der Waals surface area contributed by atoms with Crippen molar-refractivity contribution in [1.29, 1.82) is 0 Å². The molecule has 0 saturated carbocycles. The molecule has 164 valence electrons. The predicted octanol–water partition coefficient (Wildman–Crippen LogP) is 3.11. The van der Waals surface area contributed by atoms with Crippen LogP contribution < -0.4 is 10.6 Å². The molecule has 4 atom stereocenters. The van der Waals surface area contributed by atoms with Crippen LogP contribution in [0.4, 0.5) is 5.69 Å². The maximum atomic E-state index is 13.5. The van der Waals surface area contributed by atoms with Crippen LogP contribution in [-0.2, 0) is 19.8 Å². The molecule has 1 spiro atoms. The van der Waals surface area contributed by atoms with E-state index >= 15 is 0 Å². The van der Waals surface area contributed by atoms with Crippen molar-refractivity contribution in [3.8, 4) is 0 Å². The van der Waals surface area contributed by atoms with Gasteiger partial charge in [-0.15, -0.1) is 0 Å². The fourth-order valence-electron chi connectivity index (χ4n) is 5.54. The van der Waals surface area contributed by atoms with E-state index in [2.05, 4.69) is 17.6 Å². The Labute approximate surface area is 187 Å². The van der Waals surface area contributed by atoms with Gasteiger partial charge in [-0.3, -0.25) is 14.4 Å². The Bertz CT molecular complexity index is 1100. The van der Waals surface area contributed by atoms with Crippen LogP contribution >= 0.6 is 0 Å². The maximum Gasteiger partial charge on any atom is 0.245 e. The van der Waals surface area contributed by atoms with Gasteiger partial charge in [-0.05, 0) is 48.4 Å². The zero-order valence-corrected chi connectivity index (χ0v) is 18.1. The summed E-state index contributed by atoms with van der Waals surface area (Å²) in [6.07, 6.45) is 5.28. The lowest BCUT2D eigenvalue weighted by Gasteiger charge is -2.26. The van der Waals surface area contributed by atoms with E-state index < -0.39 is 11.5 Å². The molecule has 2 N–H and O–H groups in total. The lowest BCUT2D eigenvalue weighted by molar-refractivity contribution is -0.136. The normalized spacial score (nSPS) is 29.0. The van der Waals surface area contributed by atoms with Crippen molar-refractivity contribution in [1.82, 2.24) is 10.2 Å². The summed E-state index contributed by atoms with van der Waals surface area (Å²) in [6.45, 7) is 2.47. The molecule has 2 aromatic carbocycles. The predicted molar refractivity (Wildman–Crippen MR) is 123 cm³/mol. The van der Waals surface area contributed by atoms with Gasteiger partial charge in [0.25, 0.3) is 0 Å². The Morgan fingerprint density at radius 2 is 1.84 bits per heavy atom. The summed E-state index contributed by atoms with van der Waals surface area (Å²) in [5.74, 6) is -0.142. The monoisotopic (exact) mass is 429 g/mol. The van der Waals surface area contributed by atoms with E-state index in [4.69, 9.17) is 0 Å². The molecule has 6 heteroatoms. The van der Waals surface area contributed by atoms with Crippen molar-refractivity contribution in [2.24, 2.45) is 5.92 Å². The van der Waals surface area contributed by atoms with Crippen LogP contribution in [0.15, 0.2) is 60.7 Å². The quantitative estimate of drug-likeness (QED) is 0.736. The van der Waals surface area contributed by atoms with E-state index in [9.17, 15) is 14.4 Å². The second kappa shape index (κ2) is 7.93. The number of nitrogens with zero attached hydrogens (tertiary/aromatic N) is 1. The van der Waals surface area contributed by atoms with Gasteiger partial charge in [0.1, 0.15) is 6.04 Å². The third-order valence-corrected chi connectivity index (χ3v) is 7.03. The number of hydrogen-bond acceptors (Lipinski definition) is 3. The number of fused-ring (bicyclic) bond motifs is 3. The number of carbonyl (C=O) groups is 3. The summed E-state index contributed by atoms with van der Waals surface area (Å²) in [6, 6.07) is 16.7. The second-order valence-corrected chi connectivity index (χ2v) is 9.29. The molecule has 3 aliphatic heterocycles. The van der Waals surface area contributed by atoms with E-state index in [0.717, 1.165) is 23.2 Å². The molecule has 3 aliphatic rings. The summed E-state index contributed by atoms with van der Waals surface area (Å²) in [7, 11) is 0. The van der Waals surface area contributed by atoms with Crippen molar-refractivity contribution in [2.45, 2.75) is 43.7 Å². The number of nitrogens with one attached hydrogen (secondary N) is 2. The molecule has 1 unspecified atom stereocenters. The first-order valence-electron chi connectivity index (χ1n) is 11.2. The van der Waals surface area contributed by atoms with Gasteiger partial charge in [-0.25, -0.2) is 0 Å². The Morgan fingerprint density at radius 3 is 2.66 bits per heavy atom. The minimum Gasteiger partial charge on any atom is -0.341 e. The lowest BCUT2D eigenvalue weighted by atomic mass is 9.78. The molecule has 2 fully saturated rings. The Kier molecular flexibility index (Phi) is 5.08. The highest BCUT2D eigenvalue weighted by atomic mass is 16.2.